The molecular formula is C28H39N3O4. The average molecular weight is 482 g/mol. The third kappa shape index (κ3) is 6.72. The van der Waals surface area contributed by atoms with Gasteiger partial charge in [-0.1, -0.05) is 25.3 Å². The number of furan rings is 1. The van der Waals surface area contributed by atoms with Gasteiger partial charge in [0.2, 0.25) is 0 Å². The largest absolute Gasteiger partial charge is 0.466 e. The molecule has 1 saturated heterocycles. The summed E-state index contributed by atoms with van der Waals surface area (Å²) in [5, 5.41) is 0. The van der Waals surface area contributed by atoms with E-state index in [4.69, 9.17) is 9.15 Å². The van der Waals surface area contributed by atoms with Crippen LogP contribution in [-0.4, -0.2) is 54.0 Å². The smallest absolute Gasteiger partial charge is 0.302 e. The molecule has 3 heterocycles. The number of anilines is 1. The average Bonchev–Trinajstić information content (AvgIpc) is 3.40. The topological polar surface area (TPSA) is 75.9 Å². The predicted octanol–water partition coefficient (Wildman–Crippen LogP) is 5.39. The first kappa shape index (κ1) is 25.4. The minimum absolute atomic E-state index is 0.0883. The van der Waals surface area contributed by atoms with E-state index >= 15 is 0 Å². The molecule has 0 aromatic carbocycles. The first-order valence-electron chi connectivity index (χ1n) is 13.1. The van der Waals surface area contributed by atoms with Crippen LogP contribution in [-0.2, 0) is 9.53 Å². The Hall–Kier alpha value is -2.67. The zero-order chi connectivity index (χ0) is 24.7. The first-order chi connectivity index (χ1) is 17.0. The van der Waals surface area contributed by atoms with Crippen molar-refractivity contribution in [2.75, 3.05) is 31.1 Å². The minimum Gasteiger partial charge on any atom is -0.466 e. The molecule has 190 valence electrons. The van der Waals surface area contributed by atoms with Crippen molar-refractivity contribution < 1.29 is 18.7 Å². The number of carbonyl (C=O) groups excluding carboxylic acids is 2. The lowest BCUT2D eigenvalue weighted by Gasteiger charge is -2.44. The number of amides is 1. The highest BCUT2D eigenvalue weighted by molar-refractivity contribution is 6.04. The number of hydrogen-bond donors (Lipinski definition) is 0. The van der Waals surface area contributed by atoms with E-state index < -0.39 is 0 Å². The Morgan fingerprint density at radius 2 is 1.94 bits per heavy atom. The summed E-state index contributed by atoms with van der Waals surface area (Å²) < 4.78 is 10.7. The molecule has 2 aromatic rings. The minimum atomic E-state index is -0.193. The summed E-state index contributed by atoms with van der Waals surface area (Å²) in [4.78, 5) is 33.5. The Labute approximate surface area is 208 Å². The van der Waals surface area contributed by atoms with Crippen molar-refractivity contribution >= 4 is 17.7 Å². The van der Waals surface area contributed by atoms with Crippen molar-refractivity contribution in [3.05, 3.63) is 48.0 Å². The summed E-state index contributed by atoms with van der Waals surface area (Å²) >= 11 is 0. The molecule has 0 N–H and O–H groups in total. The number of aryl methyl sites for hydroxylation is 1. The van der Waals surface area contributed by atoms with Gasteiger partial charge < -0.3 is 14.1 Å². The summed E-state index contributed by atoms with van der Waals surface area (Å²) in [6.07, 6.45) is 13.6. The number of hydrogen-bond acceptors (Lipinski definition) is 6. The van der Waals surface area contributed by atoms with Crippen molar-refractivity contribution in [3.8, 4) is 0 Å². The fourth-order valence-electron chi connectivity index (χ4n) is 5.84. The second-order valence-electron chi connectivity index (χ2n) is 10.4. The lowest BCUT2D eigenvalue weighted by Crippen LogP contribution is -2.50. The number of piperidine rings is 1. The van der Waals surface area contributed by atoms with E-state index in [2.05, 4.69) is 9.88 Å². The van der Waals surface area contributed by atoms with Crippen LogP contribution in [0.15, 0.2) is 41.1 Å². The Kier molecular flexibility index (Phi) is 8.60. The zero-order valence-corrected chi connectivity index (χ0v) is 21.2. The quantitative estimate of drug-likeness (QED) is 0.353. The number of pyridine rings is 1. The zero-order valence-electron chi connectivity index (χ0n) is 21.2. The summed E-state index contributed by atoms with van der Waals surface area (Å²) in [5.41, 5.74) is 1.38. The Bertz CT molecular complexity index is 943. The van der Waals surface area contributed by atoms with Crippen LogP contribution >= 0.6 is 0 Å². The predicted molar refractivity (Wildman–Crippen MR) is 135 cm³/mol. The van der Waals surface area contributed by atoms with Gasteiger partial charge in [0.25, 0.3) is 5.91 Å². The third-order valence-corrected chi connectivity index (χ3v) is 7.65. The van der Waals surface area contributed by atoms with Crippen LogP contribution in [0.1, 0.15) is 80.8 Å². The van der Waals surface area contributed by atoms with E-state index in [1.165, 1.54) is 39.0 Å². The normalized spacial score (nSPS) is 18.8. The van der Waals surface area contributed by atoms with Crippen LogP contribution in [0.25, 0.3) is 0 Å². The lowest BCUT2D eigenvalue weighted by molar-refractivity contribution is -0.141. The highest BCUT2D eigenvalue weighted by Gasteiger charge is 2.37. The number of likely N-dealkylation sites (tertiary alicyclic amines) is 1. The molecule has 7 heteroatoms. The molecule has 4 rings (SSSR count). The van der Waals surface area contributed by atoms with Crippen molar-refractivity contribution in [3.63, 3.8) is 0 Å². The Morgan fingerprint density at radius 1 is 1.17 bits per heavy atom. The number of aromatic nitrogens is 1. The number of rotatable bonds is 9. The standard InChI is InChI=1S/C28H39N3O4/c1-22-9-10-26(29-20-22)31(27(33)25-8-6-18-35-25)24-11-16-30(17-12-24)21-28(13-4-3-5-14-28)15-7-19-34-23(2)32/h6,8-10,18,20,24H,3-5,7,11-17,19,21H2,1-2H3. The van der Waals surface area contributed by atoms with E-state index in [9.17, 15) is 9.59 Å². The van der Waals surface area contributed by atoms with E-state index in [1.807, 2.05) is 30.2 Å². The number of ether oxygens (including phenoxy) is 1. The van der Waals surface area contributed by atoms with E-state index in [0.717, 1.165) is 50.9 Å². The second-order valence-corrected chi connectivity index (χ2v) is 10.4. The van der Waals surface area contributed by atoms with Crippen molar-refractivity contribution in [2.45, 2.75) is 77.7 Å². The van der Waals surface area contributed by atoms with Gasteiger partial charge in [0.05, 0.1) is 12.9 Å². The molecule has 2 fully saturated rings. The highest BCUT2D eigenvalue weighted by Crippen LogP contribution is 2.41. The van der Waals surface area contributed by atoms with Gasteiger partial charge in [-0.15, -0.1) is 0 Å². The number of esters is 1. The molecule has 0 atom stereocenters. The molecule has 2 aliphatic rings. The van der Waals surface area contributed by atoms with Gasteiger partial charge >= 0.3 is 5.97 Å². The molecule has 0 radical (unpaired) electrons. The molecule has 0 spiro atoms. The van der Waals surface area contributed by atoms with E-state index in [0.29, 0.717) is 23.6 Å². The third-order valence-electron chi connectivity index (χ3n) is 7.65. The summed E-state index contributed by atoms with van der Waals surface area (Å²) in [5.74, 6) is 0.717. The number of carbonyl (C=O) groups is 2. The first-order valence-corrected chi connectivity index (χ1v) is 13.1. The van der Waals surface area contributed by atoms with Crippen LogP contribution in [0.5, 0.6) is 0 Å². The fourth-order valence-corrected chi connectivity index (χ4v) is 5.84. The van der Waals surface area contributed by atoms with Crippen LogP contribution in [0.3, 0.4) is 0 Å². The van der Waals surface area contributed by atoms with E-state index in [-0.39, 0.29) is 17.9 Å². The van der Waals surface area contributed by atoms with Gasteiger partial charge in [0.1, 0.15) is 5.82 Å². The fraction of sp³-hybridized carbons (Fsp3) is 0.607. The Morgan fingerprint density at radius 3 is 2.57 bits per heavy atom. The molecule has 1 saturated carbocycles. The van der Waals surface area contributed by atoms with E-state index in [1.54, 1.807) is 18.4 Å². The maximum absolute atomic E-state index is 13.4. The lowest BCUT2D eigenvalue weighted by atomic mass is 9.70. The molecule has 7 nitrogen and oxygen atoms in total. The maximum Gasteiger partial charge on any atom is 0.302 e. The molecule has 1 aliphatic heterocycles. The van der Waals surface area contributed by atoms with Crippen molar-refractivity contribution in [2.24, 2.45) is 5.41 Å². The SMILES string of the molecule is CC(=O)OCCCC1(CN2CCC(N(C(=O)c3ccco3)c3ccc(C)cn3)CC2)CCCCC1. The summed E-state index contributed by atoms with van der Waals surface area (Å²) in [7, 11) is 0. The Balaban J connectivity index is 1.40. The number of nitrogens with zero attached hydrogens (tertiary/aromatic N) is 3. The maximum atomic E-state index is 13.4. The van der Waals surface area contributed by atoms with Gasteiger partial charge in [-0.2, -0.15) is 0 Å². The van der Waals surface area contributed by atoms with Crippen LogP contribution in [0, 0.1) is 12.3 Å². The molecule has 1 aliphatic carbocycles. The van der Waals surface area contributed by atoms with Gasteiger partial charge in [-0.3, -0.25) is 14.5 Å². The highest BCUT2D eigenvalue weighted by atomic mass is 16.5. The molecule has 0 unspecified atom stereocenters. The summed E-state index contributed by atoms with van der Waals surface area (Å²) in [6.45, 7) is 7.02. The van der Waals surface area contributed by atoms with Gasteiger partial charge in [0.15, 0.2) is 5.76 Å². The van der Waals surface area contributed by atoms with Crippen LogP contribution < -0.4 is 4.90 Å². The van der Waals surface area contributed by atoms with Gasteiger partial charge in [0, 0.05) is 38.8 Å². The van der Waals surface area contributed by atoms with Crippen molar-refractivity contribution in [1.82, 2.24) is 9.88 Å². The molecule has 2 aromatic heterocycles. The van der Waals surface area contributed by atoms with Crippen LogP contribution in [0.4, 0.5) is 5.82 Å². The second kappa shape index (κ2) is 11.8. The molecule has 0 bridgehead atoms. The summed E-state index contributed by atoms with van der Waals surface area (Å²) in [6, 6.07) is 7.50. The van der Waals surface area contributed by atoms with Crippen molar-refractivity contribution in [1.29, 1.82) is 0 Å². The molecule has 35 heavy (non-hydrogen) atoms. The monoisotopic (exact) mass is 481 g/mol. The van der Waals surface area contributed by atoms with Gasteiger partial charge in [-0.05, 0) is 74.6 Å². The van der Waals surface area contributed by atoms with Gasteiger partial charge in [-0.25, -0.2) is 4.98 Å². The van der Waals surface area contributed by atoms with Crippen LogP contribution in [0.2, 0.25) is 0 Å². The molecule has 1 amide bonds. The molecular weight excluding hydrogens is 442 g/mol.